The maximum Gasteiger partial charge on any atom is 0.226 e. The first-order valence-corrected chi connectivity index (χ1v) is 6.59. The molecule has 2 fully saturated rings. The summed E-state index contributed by atoms with van der Waals surface area (Å²) >= 11 is 0. The number of piperidine rings is 1. The van der Waals surface area contributed by atoms with Crippen LogP contribution in [0.5, 0.6) is 0 Å². The third-order valence-electron chi connectivity index (χ3n) is 3.93. The van der Waals surface area contributed by atoms with Gasteiger partial charge in [0.15, 0.2) is 0 Å². The fourth-order valence-corrected chi connectivity index (χ4v) is 2.80. The van der Waals surface area contributed by atoms with E-state index in [1.165, 1.54) is 0 Å². The Labute approximate surface area is 103 Å². The van der Waals surface area contributed by atoms with E-state index in [1.54, 1.807) is 6.08 Å². The number of carbonyl (C=O) groups is 1. The minimum atomic E-state index is 0.219. The number of hydrogen-bond donors (Lipinski definition) is 1. The highest BCUT2D eigenvalue weighted by molar-refractivity contribution is 5.77. The summed E-state index contributed by atoms with van der Waals surface area (Å²) in [6.45, 7) is 7.60. The van der Waals surface area contributed by atoms with Crippen LogP contribution in [-0.2, 0) is 4.79 Å². The molecule has 2 heterocycles. The van der Waals surface area contributed by atoms with Gasteiger partial charge in [-0.2, -0.15) is 0 Å². The SMILES string of the molecule is C=CCC(=O)N1CCC(N2CCC(N)CC2)C1. The molecule has 0 aliphatic carbocycles. The molecule has 0 bridgehead atoms. The molecule has 4 heteroatoms. The zero-order chi connectivity index (χ0) is 12.3. The standard InChI is InChI=1S/C13H23N3O/c1-2-3-13(17)16-9-6-12(10-16)15-7-4-11(14)5-8-15/h2,11-12H,1,3-10,14H2. The Morgan fingerprint density at radius 2 is 2.00 bits per heavy atom. The second-order valence-electron chi connectivity index (χ2n) is 5.15. The third kappa shape index (κ3) is 3.07. The van der Waals surface area contributed by atoms with Crippen LogP contribution in [0.2, 0.25) is 0 Å². The largest absolute Gasteiger partial charge is 0.341 e. The Morgan fingerprint density at radius 1 is 1.29 bits per heavy atom. The van der Waals surface area contributed by atoms with E-state index in [-0.39, 0.29) is 5.91 Å². The Kier molecular flexibility index (Phi) is 4.18. The molecular formula is C13H23N3O. The Bertz CT molecular complexity index is 284. The minimum absolute atomic E-state index is 0.219. The number of rotatable bonds is 3. The van der Waals surface area contributed by atoms with Gasteiger partial charge in [-0.15, -0.1) is 6.58 Å². The highest BCUT2D eigenvalue weighted by Gasteiger charge is 2.31. The van der Waals surface area contributed by atoms with Gasteiger partial charge in [0, 0.05) is 31.6 Å². The number of nitrogens with zero attached hydrogens (tertiary/aromatic N) is 2. The van der Waals surface area contributed by atoms with Gasteiger partial charge < -0.3 is 10.6 Å². The number of likely N-dealkylation sites (tertiary alicyclic amines) is 2. The summed E-state index contributed by atoms with van der Waals surface area (Å²) in [5.74, 6) is 0.219. The highest BCUT2D eigenvalue weighted by Crippen LogP contribution is 2.20. The van der Waals surface area contributed by atoms with E-state index in [0.717, 1.165) is 45.4 Å². The van der Waals surface area contributed by atoms with Gasteiger partial charge >= 0.3 is 0 Å². The fourth-order valence-electron chi connectivity index (χ4n) is 2.80. The van der Waals surface area contributed by atoms with E-state index >= 15 is 0 Å². The van der Waals surface area contributed by atoms with Crippen molar-refractivity contribution in [1.82, 2.24) is 9.80 Å². The van der Waals surface area contributed by atoms with Crippen LogP contribution in [0.4, 0.5) is 0 Å². The van der Waals surface area contributed by atoms with Crippen LogP contribution in [-0.4, -0.2) is 54.0 Å². The molecule has 2 saturated heterocycles. The molecule has 2 rings (SSSR count). The van der Waals surface area contributed by atoms with Crippen LogP contribution in [0.3, 0.4) is 0 Å². The summed E-state index contributed by atoms with van der Waals surface area (Å²) in [6.07, 6.45) is 5.46. The molecule has 1 amide bonds. The molecule has 0 saturated carbocycles. The van der Waals surface area contributed by atoms with Gasteiger partial charge in [-0.05, 0) is 32.4 Å². The second kappa shape index (κ2) is 5.65. The summed E-state index contributed by atoms with van der Waals surface area (Å²) in [5.41, 5.74) is 5.91. The van der Waals surface area contributed by atoms with Crippen molar-refractivity contribution >= 4 is 5.91 Å². The predicted molar refractivity (Wildman–Crippen MR) is 68.6 cm³/mol. The van der Waals surface area contributed by atoms with Crippen molar-refractivity contribution in [2.24, 2.45) is 5.73 Å². The molecular weight excluding hydrogens is 214 g/mol. The predicted octanol–water partition coefficient (Wildman–Crippen LogP) is 0.587. The summed E-state index contributed by atoms with van der Waals surface area (Å²) in [4.78, 5) is 16.2. The lowest BCUT2D eigenvalue weighted by molar-refractivity contribution is -0.129. The molecule has 0 spiro atoms. The summed E-state index contributed by atoms with van der Waals surface area (Å²) in [7, 11) is 0. The molecule has 0 aromatic rings. The maximum atomic E-state index is 11.7. The first-order valence-electron chi connectivity index (χ1n) is 6.59. The monoisotopic (exact) mass is 237 g/mol. The van der Waals surface area contributed by atoms with E-state index in [1.807, 2.05) is 4.90 Å². The summed E-state index contributed by atoms with van der Waals surface area (Å²) in [6, 6.07) is 0.933. The van der Waals surface area contributed by atoms with Gasteiger partial charge in [-0.3, -0.25) is 9.69 Å². The first-order chi connectivity index (χ1) is 8.20. The quantitative estimate of drug-likeness (QED) is 0.731. The average Bonchev–Trinajstić information content (AvgIpc) is 2.80. The number of hydrogen-bond acceptors (Lipinski definition) is 3. The third-order valence-corrected chi connectivity index (χ3v) is 3.93. The van der Waals surface area contributed by atoms with Crippen molar-refractivity contribution in [3.05, 3.63) is 12.7 Å². The lowest BCUT2D eigenvalue weighted by Gasteiger charge is -2.34. The van der Waals surface area contributed by atoms with Gasteiger partial charge in [0.05, 0.1) is 0 Å². The van der Waals surface area contributed by atoms with Crippen molar-refractivity contribution in [3.63, 3.8) is 0 Å². The van der Waals surface area contributed by atoms with Crippen molar-refractivity contribution < 1.29 is 4.79 Å². The Morgan fingerprint density at radius 3 is 2.65 bits per heavy atom. The lowest BCUT2D eigenvalue weighted by atomic mass is 10.0. The van der Waals surface area contributed by atoms with E-state index in [4.69, 9.17) is 5.73 Å². The smallest absolute Gasteiger partial charge is 0.226 e. The fraction of sp³-hybridized carbons (Fsp3) is 0.769. The summed E-state index contributed by atoms with van der Waals surface area (Å²) < 4.78 is 0. The highest BCUT2D eigenvalue weighted by atomic mass is 16.2. The van der Waals surface area contributed by atoms with Crippen molar-refractivity contribution in [1.29, 1.82) is 0 Å². The number of amides is 1. The minimum Gasteiger partial charge on any atom is -0.341 e. The molecule has 0 aromatic heterocycles. The van der Waals surface area contributed by atoms with Crippen LogP contribution in [0, 0.1) is 0 Å². The van der Waals surface area contributed by atoms with E-state index in [0.29, 0.717) is 18.5 Å². The van der Waals surface area contributed by atoms with Crippen LogP contribution < -0.4 is 5.73 Å². The van der Waals surface area contributed by atoms with Gasteiger partial charge in [0.25, 0.3) is 0 Å². The van der Waals surface area contributed by atoms with Crippen molar-refractivity contribution in [2.75, 3.05) is 26.2 Å². The van der Waals surface area contributed by atoms with Crippen molar-refractivity contribution in [3.8, 4) is 0 Å². The number of carbonyl (C=O) groups excluding carboxylic acids is 1. The molecule has 0 aromatic carbocycles. The van der Waals surface area contributed by atoms with Gasteiger partial charge in [-0.1, -0.05) is 6.08 Å². The maximum absolute atomic E-state index is 11.7. The normalized spacial score (nSPS) is 27.4. The van der Waals surface area contributed by atoms with Crippen LogP contribution in [0.25, 0.3) is 0 Å². The van der Waals surface area contributed by atoms with E-state index in [9.17, 15) is 4.79 Å². The number of nitrogens with two attached hydrogens (primary N) is 1. The van der Waals surface area contributed by atoms with Crippen LogP contribution in [0.15, 0.2) is 12.7 Å². The lowest BCUT2D eigenvalue weighted by Crippen LogP contribution is -2.46. The second-order valence-corrected chi connectivity index (χ2v) is 5.15. The molecule has 17 heavy (non-hydrogen) atoms. The summed E-state index contributed by atoms with van der Waals surface area (Å²) in [5, 5.41) is 0. The van der Waals surface area contributed by atoms with Crippen molar-refractivity contribution in [2.45, 2.75) is 37.8 Å². The molecule has 96 valence electrons. The Hall–Kier alpha value is -0.870. The molecule has 2 aliphatic heterocycles. The molecule has 0 radical (unpaired) electrons. The van der Waals surface area contributed by atoms with E-state index in [2.05, 4.69) is 11.5 Å². The first kappa shape index (κ1) is 12.6. The molecule has 1 unspecified atom stereocenters. The molecule has 4 nitrogen and oxygen atoms in total. The van der Waals surface area contributed by atoms with Gasteiger partial charge in [0.2, 0.25) is 5.91 Å². The van der Waals surface area contributed by atoms with Crippen LogP contribution >= 0.6 is 0 Å². The van der Waals surface area contributed by atoms with E-state index < -0.39 is 0 Å². The van der Waals surface area contributed by atoms with Gasteiger partial charge in [-0.25, -0.2) is 0 Å². The van der Waals surface area contributed by atoms with Gasteiger partial charge in [0.1, 0.15) is 0 Å². The zero-order valence-corrected chi connectivity index (χ0v) is 10.5. The average molecular weight is 237 g/mol. The van der Waals surface area contributed by atoms with Crippen LogP contribution in [0.1, 0.15) is 25.7 Å². The molecule has 2 N–H and O–H groups in total. The Balaban J connectivity index is 1.81. The molecule has 1 atom stereocenters. The topological polar surface area (TPSA) is 49.6 Å². The molecule has 2 aliphatic rings. The zero-order valence-electron chi connectivity index (χ0n) is 10.5.